The zero-order chi connectivity index (χ0) is 8.39. The van der Waals surface area contributed by atoms with E-state index in [1.54, 1.807) is 18.5 Å². The molecule has 1 aliphatic carbocycles. The maximum atomic E-state index is 11.2. The average molecular weight is 161 g/mol. The maximum Gasteiger partial charge on any atom is 0.227 e. The van der Waals surface area contributed by atoms with Crippen molar-refractivity contribution >= 4 is 11.6 Å². The van der Waals surface area contributed by atoms with Gasteiger partial charge in [-0.15, -0.1) is 0 Å². The molecule has 2 rings (SSSR count). The molecule has 1 N–H and O–H groups in total. The van der Waals surface area contributed by atoms with Crippen LogP contribution in [-0.4, -0.2) is 10.9 Å². The lowest BCUT2D eigenvalue weighted by Gasteiger charge is -2.00. The van der Waals surface area contributed by atoms with Crippen LogP contribution in [0.15, 0.2) is 18.5 Å². The van der Waals surface area contributed by atoms with E-state index in [4.69, 9.17) is 0 Å². The van der Waals surface area contributed by atoms with Crippen LogP contribution in [0.3, 0.4) is 0 Å². The zero-order valence-electron chi connectivity index (χ0n) is 6.58. The topological polar surface area (TPSA) is 42.0 Å². The highest BCUT2D eigenvalue weighted by atomic mass is 16.2. The van der Waals surface area contributed by atoms with Crippen molar-refractivity contribution in [3.8, 4) is 0 Å². The molecule has 0 spiro atoms. The van der Waals surface area contributed by atoms with Gasteiger partial charge in [-0.1, -0.05) is 0 Å². The molecule has 0 saturated heterocycles. The van der Waals surface area contributed by atoms with Crippen molar-refractivity contribution in [2.75, 3.05) is 5.32 Å². The molecule has 61 valence electrons. The predicted octanol–water partition coefficient (Wildman–Crippen LogP) is 1.23. The third kappa shape index (κ3) is 1.61. The molecule has 0 aliphatic heterocycles. The molecule has 0 unspecified atom stereocenters. The van der Waals surface area contributed by atoms with Crippen molar-refractivity contribution < 1.29 is 4.79 Å². The largest absolute Gasteiger partial charge is 0.324 e. The number of pyridine rings is 1. The number of amides is 1. The fourth-order valence-electron chi connectivity index (χ4n) is 0.974. The van der Waals surface area contributed by atoms with Crippen molar-refractivity contribution in [1.29, 1.82) is 0 Å². The van der Waals surface area contributed by atoms with Gasteiger partial charge in [0.1, 0.15) is 0 Å². The van der Waals surface area contributed by atoms with Crippen LogP contribution >= 0.6 is 0 Å². The molecule has 1 saturated carbocycles. The summed E-state index contributed by atoms with van der Waals surface area (Å²) in [5.74, 6) is 0.331. The van der Waals surface area contributed by atoms with Crippen molar-refractivity contribution in [2.45, 2.75) is 12.8 Å². The van der Waals surface area contributed by atoms with Gasteiger partial charge < -0.3 is 5.32 Å². The maximum absolute atomic E-state index is 11.2. The first kappa shape index (κ1) is 7.28. The fraction of sp³-hybridized carbons (Fsp3) is 0.333. The first-order valence-corrected chi connectivity index (χ1v) is 3.99. The second-order valence-corrected chi connectivity index (χ2v) is 2.92. The number of hydrogen-bond acceptors (Lipinski definition) is 2. The first-order chi connectivity index (χ1) is 5.86. The highest BCUT2D eigenvalue weighted by Crippen LogP contribution is 2.29. The summed E-state index contributed by atoms with van der Waals surface area (Å²) in [7, 11) is 0. The quantitative estimate of drug-likeness (QED) is 0.708. The van der Waals surface area contributed by atoms with E-state index in [0.29, 0.717) is 5.69 Å². The Balaban J connectivity index is 1.98. The van der Waals surface area contributed by atoms with Crippen LogP contribution in [0.2, 0.25) is 0 Å². The Morgan fingerprint density at radius 2 is 2.50 bits per heavy atom. The lowest BCUT2D eigenvalue weighted by Crippen LogP contribution is -2.13. The summed E-state index contributed by atoms with van der Waals surface area (Å²) in [6, 6.07) is 4.57. The molecular weight excluding hydrogens is 152 g/mol. The van der Waals surface area contributed by atoms with Crippen molar-refractivity contribution in [3.63, 3.8) is 0 Å². The third-order valence-corrected chi connectivity index (χ3v) is 1.81. The number of rotatable bonds is 2. The molecule has 1 aromatic rings. The van der Waals surface area contributed by atoms with Gasteiger partial charge in [0.25, 0.3) is 0 Å². The van der Waals surface area contributed by atoms with Gasteiger partial charge >= 0.3 is 0 Å². The Morgan fingerprint density at radius 3 is 3.08 bits per heavy atom. The van der Waals surface area contributed by atoms with Crippen LogP contribution < -0.4 is 5.32 Å². The van der Waals surface area contributed by atoms with Crippen LogP contribution in [0.4, 0.5) is 5.69 Å². The number of anilines is 1. The number of carbonyl (C=O) groups excluding carboxylic acids is 1. The standard InChI is InChI=1S/C9H9N2O/c12-9(7-3-4-7)11-8-2-1-5-10-6-8/h1,5-7H,3-4H2,(H,11,12). The van der Waals surface area contributed by atoms with Crippen LogP contribution in [0.25, 0.3) is 0 Å². The molecule has 1 heterocycles. The second kappa shape index (κ2) is 2.93. The molecule has 12 heavy (non-hydrogen) atoms. The van der Waals surface area contributed by atoms with E-state index in [1.165, 1.54) is 0 Å². The summed E-state index contributed by atoms with van der Waals surface area (Å²) in [5.41, 5.74) is 0.661. The van der Waals surface area contributed by atoms with E-state index in [0.717, 1.165) is 12.8 Å². The Hall–Kier alpha value is -1.38. The van der Waals surface area contributed by atoms with Gasteiger partial charge in [0.15, 0.2) is 0 Å². The van der Waals surface area contributed by atoms with Gasteiger partial charge in [0.2, 0.25) is 5.91 Å². The van der Waals surface area contributed by atoms with E-state index in [2.05, 4.69) is 16.4 Å². The van der Waals surface area contributed by atoms with Gasteiger partial charge in [0, 0.05) is 18.2 Å². The molecule has 1 radical (unpaired) electrons. The Bertz CT molecular complexity index is 280. The minimum Gasteiger partial charge on any atom is -0.324 e. The molecule has 1 amide bonds. The number of hydrogen-bond donors (Lipinski definition) is 1. The lowest BCUT2D eigenvalue weighted by molar-refractivity contribution is -0.117. The molecule has 3 nitrogen and oxygen atoms in total. The summed E-state index contributed by atoms with van der Waals surface area (Å²) in [5, 5.41) is 2.75. The van der Waals surface area contributed by atoms with E-state index >= 15 is 0 Å². The van der Waals surface area contributed by atoms with Crippen molar-refractivity contribution in [3.05, 3.63) is 24.5 Å². The van der Waals surface area contributed by atoms with Crippen LogP contribution in [0.1, 0.15) is 12.8 Å². The number of nitrogens with one attached hydrogen (secondary N) is 1. The van der Waals surface area contributed by atoms with Crippen molar-refractivity contribution in [1.82, 2.24) is 4.98 Å². The third-order valence-electron chi connectivity index (χ3n) is 1.81. The van der Waals surface area contributed by atoms with E-state index in [9.17, 15) is 4.79 Å². The lowest BCUT2D eigenvalue weighted by atomic mass is 10.3. The number of carbonyl (C=O) groups is 1. The average Bonchev–Trinajstić information content (AvgIpc) is 2.88. The molecule has 0 atom stereocenters. The zero-order valence-corrected chi connectivity index (χ0v) is 6.58. The van der Waals surface area contributed by atoms with Gasteiger partial charge in [0.05, 0.1) is 11.9 Å². The van der Waals surface area contributed by atoms with Gasteiger partial charge in [-0.25, -0.2) is 0 Å². The molecule has 3 heteroatoms. The second-order valence-electron chi connectivity index (χ2n) is 2.92. The fourth-order valence-corrected chi connectivity index (χ4v) is 0.974. The SMILES string of the molecule is O=C(Nc1[c]ccnc1)C1CC1. The minimum atomic E-state index is 0.0965. The van der Waals surface area contributed by atoms with E-state index < -0.39 is 0 Å². The predicted molar refractivity (Wildman–Crippen MR) is 44.4 cm³/mol. The van der Waals surface area contributed by atoms with Crippen molar-refractivity contribution in [2.24, 2.45) is 5.92 Å². The molecule has 1 fully saturated rings. The molecule has 1 aliphatic rings. The number of aromatic nitrogens is 1. The van der Waals surface area contributed by atoms with E-state index in [-0.39, 0.29) is 11.8 Å². The van der Waals surface area contributed by atoms with Crippen LogP contribution in [-0.2, 0) is 4.79 Å². The monoisotopic (exact) mass is 161 g/mol. The summed E-state index contributed by atoms with van der Waals surface area (Å²) in [4.78, 5) is 15.1. The highest BCUT2D eigenvalue weighted by Gasteiger charge is 2.29. The Morgan fingerprint density at radius 1 is 1.67 bits per heavy atom. The van der Waals surface area contributed by atoms with Gasteiger partial charge in [-0.2, -0.15) is 0 Å². The molecular formula is C9H9N2O. The minimum absolute atomic E-state index is 0.0965. The smallest absolute Gasteiger partial charge is 0.227 e. The van der Waals surface area contributed by atoms with E-state index in [1.807, 2.05) is 0 Å². The summed E-state index contributed by atoms with van der Waals surface area (Å²) in [6.07, 6.45) is 5.27. The van der Waals surface area contributed by atoms with Gasteiger partial charge in [-0.3, -0.25) is 9.78 Å². The first-order valence-electron chi connectivity index (χ1n) is 3.99. The normalized spacial score (nSPS) is 15.7. The Kier molecular flexibility index (Phi) is 1.78. The molecule has 0 bridgehead atoms. The van der Waals surface area contributed by atoms with Gasteiger partial charge in [-0.05, 0) is 18.9 Å². The van der Waals surface area contributed by atoms with Crippen LogP contribution in [0, 0.1) is 12.0 Å². The highest BCUT2D eigenvalue weighted by molar-refractivity contribution is 5.93. The van der Waals surface area contributed by atoms with Crippen LogP contribution in [0.5, 0.6) is 0 Å². The molecule has 1 aromatic heterocycles. The summed E-state index contributed by atoms with van der Waals surface area (Å²) < 4.78 is 0. The Labute approximate surface area is 70.8 Å². The summed E-state index contributed by atoms with van der Waals surface area (Å²) in [6.45, 7) is 0. The summed E-state index contributed by atoms with van der Waals surface area (Å²) >= 11 is 0. The molecule has 0 aromatic carbocycles. The number of nitrogens with zero attached hydrogens (tertiary/aromatic N) is 1.